The van der Waals surface area contributed by atoms with E-state index in [4.69, 9.17) is 4.42 Å². The number of aromatic amines is 1. The van der Waals surface area contributed by atoms with Gasteiger partial charge in [-0.05, 0) is 18.1 Å². The van der Waals surface area contributed by atoms with Crippen LogP contribution >= 0.6 is 0 Å². The number of H-pyrrole nitrogens is 1. The van der Waals surface area contributed by atoms with Gasteiger partial charge in [-0.3, -0.25) is 0 Å². The van der Waals surface area contributed by atoms with Gasteiger partial charge in [-0.1, -0.05) is 37.3 Å². The Morgan fingerprint density at radius 2 is 2.00 bits per heavy atom. The molecule has 0 radical (unpaired) electrons. The number of hydrogen-bond donors (Lipinski definition) is 2. The van der Waals surface area contributed by atoms with E-state index in [-0.39, 0.29) is 10.8 Å². The first kappa shape index (κ1) is 16.4. The summed E-state index contributed by atoms with van der Waals surface area (Å²) >= 11 is 0. The van der Waals surface area contributed by atoms with E-state index >= 15 is 0 Å². The summed E-state index contributed by atoms with van der Waals surface area (Å²) in [6.07, 6.45) is 2.66. The Balaban J connectivity index is 1.66. The smallest absolute Gasteiger partial charge is 0.264 e. The van der Waals surface area contributed by atoms with E-state index in [9.17, 15) is 8.42 Å². The van der Waals surface area contributed by atoms with E-state index in [1.54, 1.807) is 0 Å². The summed E-state index contributed by atoms with van der Waals surface area (Å²) in [5.41, 5.74) is 1.55. The molecule has 8 heteroatoms. The average molecular weight is 346 g/mol. The molecule has 1 aromatic carbocycles. The number of sulfonamides is 1. The highest BCUT2D eigenvalue weighted by Gasteiger charge is 2.18. The molecule has 3 rings (SSSR count). The van der Waals surface area contributed by atoms with Crippen molar-refractivity contribution in [2.75, 3.05) is 6.54 Å². The summed E-state index contributed by atoms with van der Waals surface area (Å²) in [5.74, 6) is 0.780. The second kappa shape index (κ2) is 6.98. The third-order valence-corrected chi connectivity index (χ3v) is 4.96. The molecule has 0 fully saturated rings. The van der Waals surface area contributed by atoms with Crippen molar-refractivity contribution < 1.29 is 12.8 Å². The monoisotopic (exact) mass is 346 g/mol. The number of rotatable bonds is 7. The van der Waals surface area contributed by atoms with Crippen LogP contribution in [0.1, 0.15) is 18.4 Å². The highest BCUT2D eigenvalue weighted by molar-refractivity contribution is 7.89. The van der Waals surface area contributed by atoms with Crippen LogP contribution in [-0.4, -0.2) is 30.1 Å². The fourth-order valence-electron chi connectivity index (χ4n) is 2.22. The van der Waals surface area contributed by atoms with Crippen molar-refractivity contribution in [3.8, 4) is 11.6 Å². The van der Waals surface area contributed by atoms with Gasteiger partial charge in [0.15, 0.2) is 0 Å². The van der Waals surface area contributed by atoms with Crippen LogP contribution in [-0.2, 0) is 22.9 Å². The molecule has 0 saturated heterocycles. The summed E-state index contributed by atoms with van der Waals surface area (Å²) in [6, 6.07) is 11.2. The first-order valence-corrected chi connectivity index (χ1v) is 9.11. The lowest BCUT2D eigenvalue weighted by Gasteiger charge is -2.04. The number of benzene rings is 1. The van der Waals surface area contributed by atoms with Gasteiger partial charge in [0.25, 0.3) is 5.89 Å². The predicted octanol–water partition coefficient (Wildman–Crippen LogP) is 2.15. The molecule has 0 unspecified atom stereocenters. The number of nitrogens with one attached hydrogen (secondary N) is 2. The van der Waals surface area contributed by atoms with Gasteiger partial charge < -0.3 is 9.40 Å². The molecular formula is C16H18N4O3S. The second-order valence-electron chi connectivity index (χ2n) is 5.24. The Kier molecular flexibility index (Phi) is 4.77. The van der Waals surface area contributed by atoms with Crippen molar-refractivity contribution >= 4 is 10.0 Å². The zero-order chi connectivity index (χ0) is 17.0. The fourth-order valence-corrected chi connectivity index (χ4v) is 3.24. The summed E-state index contributed by atoms with van der Waals surface area (Å²) in [5, 5.41) is 7.76. The van der Waals surface area contributed by atoms with Gasteiger partial charge in [-0.15, -0.1) is 10.2 Å². The molecule has 0 aliphatic rings. The SMILES string of the molecule is CCc1nnc(-c2cc(S(=O)(=O)NCCc3ccccc3)c[nH]2)o1. The summed E-state index contributed by atoms with van der Waals surface area (Å²) in [6.45, 7) is 2.23. The molecule has 0 atom stereocenters. The summed E-state index contributed by atoms with van der Waals surface area (Å²) in [4.78, 5) is 3.00. The van der Waals surface area contributed by atoms with Gasteiger partial charge >= 0.3 is 0 Å². The van der Waals surface area contributed by atoms with E-state index in [1.807, 2.05) is 37.3 Å². The molecule has 2 aromatic heterocycles. The number of nitrogens with zero attached hydrogens (tertiary/aromatic N) is 2. The molecule has 3 aromatic rings. The van der Waals surface area contributed by atoms with Crippen LogP contribution < -0.4 is 4.72 Å². The first-order valence-electron chi connectivity index (χ1n) is 7.63. The predicted molar refractivity (Wildman–Crippen MR) is 88.8 cm³/mol. The molecule has 7 nitrogen and oxygen atoms in total. The van der Waals surface area contributed by atoms with E-state index in [0.29, 0.717) is 31.0 Å². The molecule has 24 heavy (non-hydrogen) atoms. The largest absolute Gasteiger partial charge is 0.419 e. The first-order chi connectivity index (χ1) is 11.6. The van der Waals surface area contributed by atoms with Crippen LogP contribution in [0.5, 0.6) is 0 Å². The van der Waals surface area contributed by atoms with Crippen LogP contribution in [0.4, 0.5) is 0 Å². The van der Waals surface area contributed by atoms with Gasteiger partial charge in [-0.25, -0.2) is 13.1 Å². The lowest BCUT2D eigenvalue weighted by atomic mass is 10.2. The highest BCUT2D eigenvalue weighted by atomic mass is 32.2. The minimum absolute atomic E-state index is 0.141. The average Bonchev–Trinajstić information content (AvgIpc) is 3.25. The zero-order valence-corrected chi connectivity index (χ0v) is 14.0. The lowest BCUT2D eigenvalue weighted by Crippen LogP contribution is -2.25. The number of aryl methyl sites for hydroxylation is 1. The second-order valence-corrected chi connectivity index (χ2v) is 7.00. The van der Waals surface area contributed by atoms with Gasteiger partial charge in [0.2, 0.25) is 15.9 Å². The Morgan fingerprint density at radius 3 is 2.71 bits per heavy atom. The molecule has 2 N–H and O–H groups in total. The van der Waals surface area contributed by atoms with Crippen LogP contribution in [0.15, 0.2) is 51.9 Å². The van der Waals surface area contributed by atoms with Crippen LogP contribution in [0.2, 0.25) is 0 Å². The molecule has 0 spiro atoms. The lowest BCUT2D eigenvalue weighted by molar-refractivity contribution is 0.511. The van der Waals surface area contributed by atoms with Crippen molar-refractivity contribution in [3.63, 3.8) is 0 Å². The van der Waals surface area contributed by atoms with Crippen molar-refractivity contribution in [1.29, 1.82) is 0 Å². The van der Waals surface area contributed by atoms with E-state index in [1.165, 1.54) is 12.3 Å². The van der Waals surface area contributed by atoms with Crippen molar-refractivity contribution in [3.05, 3.63) is 54.0 Å². The summed E-state index contributed by atoms with van der Waals surface area (Å²) < 4.78 is 32.7. The Bertz CT molecular complexity index is 900. The normalized spacial score (nSPS) is 11.7. The van der Waals surface area contributed by atoms with E-state index in [2.05, 4.69) is 19.9 Å². The van der Waals surface area contributed by atoms with Crippen LogP contribution in [0, 0.1) is 0 Å². The molecular weight excluding hydrogens is 328 g/mol. The van der Waals surface area contributed by atoms with Crippen molar-refractivity contribution in [2.45, 2.75) is 24.7 Å². The fraction of sp³-hybridized carbons (Fsp3) is 0.250. The third-order valence-electron chi connectivity index (χ3n) is 3.52. The molecule has 0 saturated carbocycles. The van der Waals surface area contributed by atoms with Crippen LogP contribution in [0.25, 0.3) is 11.6 Å². The molecule has 0 amide bonds. The van der Waals surface area contributed by atoms with Crippen molar-refractivity contribution in [2.24, 2.45) is 0 Å². The Hall–Kier alpha value is -2.45. The standard InChI is InChI=1S/C16H18N4O3S/c1-2-15-19-20-16(23-15)14-10-13(11-17-14)24(21,22)18-9-8-12-6-4-3-5-7-12/h3-7,10-11,17-18H,2,8-9H2,1H3. The minimum Gasteiger partial charge on any atom is -0.419 e. The maximum Gasteiger partial charge on any atom is 0.264 e. The van der Waals surface area contributed by atoms with E-state index < -0.39 is 10.0 Å². The molecule has 126 valence electrons. The molecule has 2 heterocycles. The Labute approximate surface area is 140 Å². The third kappa shape index (κ3) is 3.72. The topological polar surface area (TPSA) is 101 Å². The highest BCUT2D eigenvalue weighted by Crippen LogP contribution is 2.20. The van der Waals surface area contributed by atoms with E-state index in [0.717, 1.165) is 5.56 Å². The zero-order valence-electron chi connectivity index (χ0n) is 13.2. The van der Waals surface area contributed by atoms with Gasteiger partial charge in [0, 0.05) is 19.2 Å². The van der Waals surface area contributed by atoms with Gasteiger partial charge in [0.1, 0.15) is 10.6 Å². The van der Waals surface area contributed by atoms with Crippen LogP contribution in [0.3, 0.4) is 0 Å². The quantitative estimate of drug-likeness (QED) is 0.682. The molecule has 0 aliphatic carbocycles. The van der Waals surface area contributed by atoms with Gasteiger partial charge in [-0.2, -0.15) is 0 Å². The maximum atomic E-state index is 12.3. The van der Waals surface area contributed by atoms with Crippen molar-refractivity contribution in [1.82, 2.24) is 19.9 Å². The Morgan fingerprint density at radius 1 is 1.21 bits per heavy atom. The number of hydrogen-bond acceptors (Lipinski definition) is 5. The summed E-state index contributed by atoms with van der Waals surface area (Å²) in [7, 11) is -3.59. The maximum absolute atomic E-state index is 12.3. The van der Waals surface area contributed by atoms with Gasteiger partial charge in [0.05, 0.1) is 0 Å². The molecule has 0 bridgehead atoms. The number of aromatic nitrogens is 3. The molecule has 0 aliphatic heterocycles. The minimum atomic E-state index is -3.59.